The van der Waals surface area contributed by atoms with Gasteiger partial charge in [-0.2, -0.15) is 0 Å². The zero-order chi connectivity index (χ0) is 17.4. The summed E-state index contributed by atoms with van der Waals surface area (Å²) in [6, 6.07) is 5.19. The molecule has 0 spiro atoms. The monoisotopic (exact) mass is 365 g/mol. The molecule has 24 heavy (non-hydrogen) atoms. The van der Waals surface area contributed by atoms with E-state index in [1.54, 1.807) is 18.2 Å². The third-order valence-electron chi connectivity index (χ3n) is 4.46. The van der Waals surface area contributed by atoms with Crippen LogP contribution >= 0.6 is 23.2 Å². The number of ketones is 1. The highest BCUT2D eigenvalue weighted by atomic mass is 35.5. The topological polar surface area (TPSA) is 55.4 Å². The molecule has 1 aromatic carbocycles. The van der Waals surface area contributed by atoms with Crippen molar-refractivity contribution in [1.82, 2.24) is 5.32 Å². The Morgan fingerprint density at radius 3 is 2.67 bits per heavy atom. The fourth-order valence-electron chi connectivity index (χ4n) is 3.39. The first-order valence-corrected chi connectivity index (χ1v) is 8.47. The lowest BCUT2D eigenvalue weighted by molar-refractivity contribution is -0.136. The smallest absolute Gasteiger partial charge is 0.336 e. The molecule has 2 aliphatic rings. The van der Waals surface area contributed by atoms with E-state index in [0.717, 1.165) is 24.1 Å². The summed E-state index contributed by atoms with van der Waals surface area (Å²) < 4.78 is 4.95. The average Bonchev–Trinajstić information content (AvgIpc) is 2.55. The van der Waals surface area contributed by atoms with Crippen LogP contribution in [0.15, 0.2) is 40.7 Å². The van der Waals surface area contributed by atoms with Gasteiger partial charge in [0.25, 0.3) is 0 Å². The van der Waals surface area contributed by atoms with Crippen molar-refractivity contribution in [3.63, 3.8) is 0 Å². The number of Topliss-reactive ketones (excluding diaryl/α,β-unsaturated/α-hetero) is 1. The molecule has 0 aromatic heterocycles. The quantitative estimate of drug-likeness (QED) is 0.800. The number of ether oxygens (including phenoxy) is 1. The molecule has 4 nitrogen and oxygen atoms in total. The third-order valence-corrected chi connectivity index (χ3v) is 5.20. The van der Waals surface area contributed by atoms with Crippen LogP contribution in [-0.4, -0.2) is 18.9 Å². The Balaban J connectivity index is 2.21. The van der Waals surface area contributed by atoms with Crippen molar-refractivity contribution in [2.24, 2.45) is 0 Å². The summed E-state index contributed by atoms with van der Waals surface area (Å²) in [6.07, 6.45) is 2.07. The molecule has 0 amide bonds. The first kappa shape index (κ1) is 17.1. The van der Waals surface area contributed by atoms with Gasteiger partial charge in [-0.25, -0.2) is 4.79 Å². The van der Waals surface area contributed by atoms with Crippen molar-refractivity contribution >= 4 is 35.0 Å². The van der Waals surface area contributed by atoms with Crippen molar-refractivity contribution in [3.05, 3.63) is 56.3 Å². The maximum absolute atomic E-state index is 12.6. The van der Waals surface area contributed by atoms with E-state index in [4.69, 9.17) is 27.9 Å². The molecule has 1 aliphatic heterocycles. The summed E-state index contributed by atoms with van der Waals surface area (Å²) >= 11 is 12.2. The van der Waals surface area contributed by atoms with Crippen LogP contribution in [-0.2, 0) is 14.3 Å². The lowest BCUT2D eigenvalue weighted by atomic mass is 9.75. The number of benzene rings is 1. The summed E-state index contributed by atoms with van der Waals surface area (Å²) in [5, 5.41) is 4.04. The lowest BCUT2D eigenvalue weighted by Crippen LogP contribution is -2.34. The minimum Gasteiger partial charge on any atom is -0.466 e. The van der Waals surface area contributed by atoms with Gasteiger partial charge < -0.3 is 10.1 Å². The number of rotatable bonds is 2. The number of esters is 1. The molecular formula is C18H17Cl2NO3. The number of dihydropyridines is 1. The second kappa shape index (κ2) is 6.61. The van der Waals surface area contributed by atoms with E-state index < -0.39 is 11.9 Å². The van der Waals surface area contributed by atoms with Gasteiger partial charge in [0.1, 0.15) is 0 Å². The highest BCUT2D eigenvalue weighted by Crippen LogP contribution is 2.43. The predicted molar refractivity (Wildman–Crippen MR) is 92.9 cm³/mol. The fourth-order valence-corrected chi connectivity index (χ4v) is 3.70. The largest absolute Gasteiger partial charge is 0.466 e. The summed E-state index contributed by atoms with van der Waals surface area (Å²) in [5.41, 5.74) is 3.41. The molecule has 0 saturated carbocycles. The van der Waals surface area contributed by atoms with Gasteiger partial charge in [-0.3, -0.25) is 4.79 Å². The zero-order valence-corrected chi connectivity index (χ0v) is 14.9. The van der Waals surface area contributed by atoms with Gasteiger partial charge in [-0.1, -0.05) is 29.3 Å². The van der Waals surface area contributed by atoms with E-state index >= 15 is 0 Å². The van der Waals surface area contributed by atoms with Gasteiger partial charge in [0.2, 0.25) is 0 Å². The Labute approximate surface area is 150 Å². The second-order valence-electron chi connectivity index (χ2n) is 5.93. The van der Waals surface area contributed by atoms with Crippen LogP contribution in [0.1, 0.15) is 37.7 Å². The molecule has 1 N–H and O–H groups in total. The second-order valence-corrected chi connectivity index (χ2v) is 6.75. The third kappa shape index (κ3) is 2.85. The maximum Gasteiger partial charge on any atom is 0.336 e. The Morgan fingerprint density at radius 2 is 2.00 bits per heavy atom. The number of methoxy groups -OCH3 is 1. The molecule has 1 aliphatic carbocycles. The van der Waals surface area contributed by atoms with Crippen LogP contribution in [0.5, 0.6) is 0 Å². The van der Waals surface area contributed by atoms with Crippen LogP contribution in [0, 0.1) is 0 Å². The summed E-state index contributed by atoms with van der Waals surface area (Å²) in [6.45, 7) is 1.82. The van der Waals surface area contributed by atoms with E-state index in [2.05, 4.69) is 5.32 Å². The van der Waals surface area contributed by atoms with Crippen molar-refractivity contribution in [3.8, 4) is 0 Å². The normalized spacial score (nSPS) is 20.7. The minimum atomic E-state index is -0.490. The lowest BCUT2D eigenvalue weighted by Gasteiger charge is -2.34. The molecule has 0 saturated heterocycles. The number of hydrogen-bond acceptors (Lipinski definition) is 4. The van der Waals surface area contributed by atoms with E-state index in [1.165, 1.54) is 7.11 Å². The van der Waals surface area contributed by atoms with E-state index in [1.807, 2.05) is 6.92 Å². The molecule has 0 unspecified atom stereocenters. The predicted octanol–water partition coefficient (Wildman–Crippen LogP) is 4.13. The molecule has 1 atom stereocenters. The van der Waals surface area contributed by atoms with Crippen LogP contribution < -0.4 is 5.32 Å². The van der Waals surface area contributed by atoms with Gasteiger partial charge in [0.05, 0.1) is 22.7 Å². The maximum atomic E-state index is 12.6. The Hall–Kier alpha value is -1.78. The highest BCUT2D eigenvalue weighted by molar-refractivity contribution is 6.42. The molecule has 1 heterocycles. The van der Waals surface area contributed by atoms with E-state index in [0.29, 0.717) is 33.3 Å². The van der Waals surface area contributed by atoms with Crippen LogP contribution in [0.25, 0.3) is 0 Å². The van der Waals surface area contributed by atoms with Gasteiger partial charge >= 0.3 is 5.97 Å². The van der Waals surface area contributed by atoms with Crippen molar-refractivity contribution in [1.29, 1.82) is 0 Å². The number of halogens is 2. The molecule has 6 heteroatoms. The Morgan fingerprint density at radius 1 is 1.25 bits per heavy atom. The minimum absolute atomic E-state index is 0.0497. The van der Waals surface area contributed by atoms with Gasteiger partial charge in [-0.05, 0) is 37.5 Å². The molecular weight excluding hydrogens is 349 g/mol. The molecule has 126 valence electrons. The zero-order valence-electron chi connectivity index (χ0n) is 13.4. The van der Waals surface area contributed by atoms with Gasteiger partial charge in [0.15, 0.2) is 5.78 Å². The first-order valence-electron chi connectivity index (χ1n) is 7.71. The summed E-state index contributed by atoms with van der Waals surface area (Å²) in [4.78, 5) is 25.0. The average molecular weight is 366 g/mol. The van der Waals surface area contributed by atoms with Crippen LogP contribution in [0.2, 0.25) is 10.0 Å². The van der Waals surface area contributed by atoms with Crippen molar-refractivity contribution < 1.29 is 14.3 Å². The Bertz CT molecular complexity index is 795. The highest BCUT2D eigenvalue weighted by Gasteiger charge is 2.38. The van der Waals surface area contributed by atoms with Crippen molar-refractivity contribution in [2.45, 2.75) is 32.1 Å². The molecule has 0 bridgehead atoms. The van der Waals surface area contributed by atoms with E-state index in [9.17, 15) is 9.59 Å². The number of hydrogen-bond donors (Lipinski definition) is 1. The van der Waals surface area contributed by atoms with Gasteiger partial charge in [0, 0.05) is 29.3 Å². The molecule has 0 fully saturated rings. The number of allylic oxidation sites excluding steroid dienone is 3. The fraction of sp³-hybridized carbons (Fsp3) is 0.333. The van der Waals surface area contributed by atoms with E-state index in [-0.39, 0.29) is 5.78 Å². The number of carbonyl (C=O) groups is 2. The molecule has 0 radical (unpaired) electrons. The van der Waals surface area contributed by atoms with Crippen LogP contribution in [0.3, 0.4) is 0 Å². The number of nitrogens with one attached hydrogen (secondary N) is 1. The Kier molecular flexibility index (Phi) is 4.70. The molecule has 3 rings (SSSR count). The van der Waals surface area contributed by atoms with Crippen LogP contribution in [0.4, 0.5) is 0 Å². The van der Waals surface area contributed by atoms with Crippen molar-refractivity contribution in [2.75, 3.05) is 7.11 Å². The first-order chi connectivity index (χ1) is 11.4. The molecule has 1 aromatic rings. The summed E-state index contributed by atoms with van der Waals surface area (Å²) in [7, 11) is 1.33. The number of carbonyl (C=O) groups excluding carboxylic acids is 2. The SMILES string of the molecule is COC(=O)C1=C(C)NC2=C(C(=O)CCC2)[C@@H]1c1ccc(Cl)c(Cl)c1. The van der Waals surface area contributed by atoms with Gasteiger partial charge in [-0.15, -0.1) is 0 Å². The standard InChI is InChI=1S/C18H17Cl2NO3/c1-9-15(18(23)24-2)16(10-6-7-11(19)12(20)8-10)17-13(21-9)4-3-5-14(17)22/h6-8,16,21H,3-5H2,1-2H3/t16-/m1/s1. The summed E-state index contributed by atoms with van der Waals surface area (Å²) in [5.74, 6) is -0.897.